The van der Waals surface area contributed by atoms with Gasteiger partial charge in [0.15, 0.2) is 0 Å². The average molecular weight is 584 g/mol. The first-order chi connectivity index (χ1) is 18.6. The standard InChI is InChI=1S/C24H51O4P.C6H15NO3/c1-3-5-7-9-11-13-15-17-19-21-23-27-29(25,26)28-24-22-20-18-16-14-12-10-8-6-4-2;1-4(8)7(5(2)9)6(3)10/h3-24H2,1-2H3,(H,25,26);4-6,8-10H,1-3H3. The monoisotopic (exact) mass is 583 g/mol. The minimum absolute atomic E-state index is 0.322. The Bertz CT molecular complexity index is 486. The molecule has 0 aromatic heterocycles. The molecule has 0 bridgehead atoms. The first kappa shape index (κ1) is 41.1. The molecule has 9 heteroatoms. The van der Waals surface area contributed by atoms with Gasteiger partial charge in [0.1, 0.15) is 18.7 Å². The summed E-state index contributed by atoms with van der Waals surface area (Å²) in [6.45, 7) is 9.59. The van der Waals surface area contributed by atoms with Gasteiger partial charge in [0, 0.05) is 0 Å². The van der Waals surface area contributed by atoms with Crippen molar-refractivity contribution in [1.82, 2.24) is 4.90 Å². The highest BCUT2D eigenvalue weighted by atomic mass is 31.2. The van der Waals surface area contributed by atoms with Gasteiger partial charge in [-0.1, -0.05) is 129 Å². The van der Waals surface area contributed by atoms with Crippen LogP contribution in [0.1, 0.15) is 163 Å². The predicted octanol–water partition coefficient (Wildman–Crippen LogP) is 8.27. The van der Waals surface area contributed by atoms with E-state index in [0.29, 0.717) is 13.2 Å². The average Bonchev–Trinajstić information content (AvgIpc) is 2.85. The largest absolute Gasteiger partial charge is 0.472 e. The fourth-order valence-corrected chi connectivity index (χ4v) is 5.31. The van der Waals surface area contributed by atoms with E-state index in [1.807, 2.05) is 0 Å². The van der Waals surface area contributed by atoms with E-state index < -0.39 is 26.5 Å². The van der Waals surface area contributed by atoms with Crippen molar-refractivity contribution in [2.24, 2.45) is 0 Å². The van der Waals surface area contributed by atoms with Crippen LogP contribution in [0.4, 0.5) is 0 Å². The Morgan fingerprint density at radius 2 is 0.744 bits per heavy atom. The summed E-state index contributed by atoms with van der Waals surface area (Å²) in [6.07, 6.45) is 22.3. The quantitative estimate of drug-likeness (QED) is 0.0433. The van der Waals surface area contributed by atoms with Crippen LogP contribution >= 0.6 is 7.82 Å². The van der Waals surface area contributed by atoms with Crippen LogP contribution in [0.2, 0.25) is 0 Å². The van der Waals surface area contributed by atoms with Crippen LogP contribution in [0.3, 0.4) is 0 Å². The van der Waals surface area contributed by atoms with Crippen molar-refractivity contribution in [3.05, 3.63) is 0 Å². The number of unbranched alkanes of at least 4 members (excludes halogenated alkanes) is 18. The predicted molar refractivity (Wildman–Crippen MR) is 162 cm³/mol. The van der Waals surface area contributed by atoms with Gasteiger partial charge >= 0.3 is 7.82 Å². The molecule has 0 aliphatic rings. The number of hydrogen-bond donors (Lipinski definition) is 4. The Labute approximate surface area is 241 Å². The first-order valence-electron chi connectivity index (χ1n) is 16.0. The summed E-state index contributed by atoms with van der Waals surface area (Å²) in [5, 5.41) is 26.9. The van der Waals surface area contributed by atoms with Gasteiger partial charge in [0.05, 0.1) is 13.2 Å². The second-order valence-electron chi connectivity index (χ2n) is 10.8. The molecule has 0 radical (unpaired) electrons. The van der Waals surface area contributed by atoms with Gasteiger partial charge in [-0.3, -0.25) is 9.05 Å². The number of nitrogens with zero attached hydrogens (tertiary/aromatic N) is 1. The zero-order valence-corrected chi connectivity index (χ0v) is 27.1. The summed E-state index contributed by atoms with van der Waals surface area (Å²) in [6, 6.07) is 0. The molecule has 3 unspecified atom stereocenters. The molecule has 0 spiro atoms. The van der Waals surface area contributed by atoms with Crippen molar-refractivity contribution >= 4 is 7.82 Å². The maximum absolute atomic E-state index is 11.8. The van der Waals surface area contributed by atoms with Crippen LogP contribution in [-0.4, -0.2) is 57.0 Å². The fourth-order valence-electron chi connectivity index (χ4n) is 4.51. The molecule has 0 fully saturated rings. The lowest BCUT2D eigenvalue weighted by molar-refractivity contribution is -0.159. The zero-order chi connectivity index (χ0) is 29.8. The van der Waals surface area contributed by atoms with Crippen LogP contribution in [0.25, 0.3) is 0 Å². The third-order valence-electron chi connectivity index (χ3n) is 6.80. The second kappa shape index (κ2) is 29.4. The summed E-state index contributed by atoms with van der Waals surface area (Å²) in [5.41, 5.74) is 0. The van der Waals surface area contributed by atoms with Crippen LogP contribution < -0.4 is 0 Å². The Morgan fingerprint density at radius 3 is 0.949 bits per heavy atom. The Kier molecular flexibility index (Phi) is 31.0. The highest BCUT2D eigenvalue weighted by Crippen LogP contribution is 2.43. The molecule has 4 N–H and O–H groups in total. The molecule has 39 heavy (non-hydrogen) atoms. The van der Waals surface area contributed by atoms with Gasteiger partial charge < -0.3 is 20.2 Å². The highest BCUT2D eigenvalue weighted by Gasteiger charge is 2.20. The first-order valence-corrected chi connectivity index (χ1v) is 17.5. The number of aliphatic hydroxyl groups is 3. The van der Waals surface area contributed by atoms with E-state index in [2.05, 4.69) is 13.8 Å². The molecule has 0 saturated carbocycles. The number of hydrogen-bond acceptors (Lipinski definition) is 7. The van der Waals surface area contributed by atoms with Crippen LogP contribution in [0, 0.1) is 0 Å². The van der Waals surface area contributed by atoms with Crippen molar-refractivity contribution < 1.29 is 33.8 Å². The molecule has 3 atom stereocenters. The van der Waals surface area contributed by atoms with Gasteiger partial charge in [-0.25, -0.2) is 9.46 Å². The molecule has 0 rings (SSSR count). The van der Waals surface area contributed by atoms with Crippen LogP contribution in [0.5, 0.6) is 0 Å². The van der Waals surface area contributed by atoms with E-state index >= 15 is 0 Å². The molecular formula is C30H66NO7P. The summed E-state index contributed by atoms with van der Waals surface area (Å²) < 4.78 is 22.0. The lowest BCUT2D eigenvalue weighted by Gasteiger charge is -2.30. The molecule has 0 aromatic carbocycles. The maximum atomic E-state index is 11.8. The minimum atomic E-state index is -3.85. The fraction of sp³-hybridized carbons (Fsp3) is 1.00. The van der Waals surface area contributed by atoms with Crippen molar-refractivity contribution in [2.45, 2.75) is 182 Å². The van der Waals surface area contributed by atoms with E-state index in [-0.39, 0.29) is 0 Å². The molecule has 0 aromatic rings. The van der Waals surface area contributed by atoms with Crippen LogP contribution in [0.15, 0.2) is 0 Å². The van der Waals surface area contributed by atoms with Crippen molar-refractivity contribution in [2.75, 3.05) is 13.2 Å². The SMILES string of the molecule is CC(O)N(C(C)O)C(C)O.CCCCCCCCCCCCOP(=O)(O)OCCCCCCCCCCCC. The van der Waals surface area contributed by atoms with E-state index in [1.54, 1.807) is 0 Å². The smallest absolute Gasteiger partial charge is 0.379 e. The number of aliphatic hydroxyl groups excluding tert-OH is 3. The molecule has 0 amide bonds. The second-order valence-corrected chi connectivity index (χ2v) is 12.3. The Morgan fingerprint density at radius 1 is 0.513 bits per heavy atom. The van der Waals surface area contributed by atoms with Crippen molar-refractivity contribution in [3.8, 4) is 0 Å². The van der Waals surface area contributed by atoms with E-state index in [9.17, 15) is 9.46 Å². The number of rotatable bonds is 27. The lowest BCUT2D eigenvalue weighted by Crippen LogP contribution is -2.45. The maximum Gasteiger partial charge on any atom is 0.472 e. The molecule has 8 nitrogen and oxygen atoms in total. The van der Waals surface area contributed by atoms with Gasteiger partial charge in [0.25, 0.3) is 0 Å². The topological polar surface area (TPSA) is 120 Å². The summed E-state index contributed by atoms with van der Waals surface area (Å²) in [7, 11) is -3.85. The van der Waals surface area contributed by atoms with E-state index in [4.69, 9.17) is 24.4 Å². The van der Waals surface area contributed by atoms with Crippen molar-refractivity contribution in [3.63, 3.8) is 0 Å². The van der Waals surface area contributed by atoms with E-state index in [0.717, 1.165) is 25.7 Å². The molecule has 0 saturated heterocycles. The summed E-state index contributed by atoms with van der Waals surface area (Å²) in [4.78, 5) is 10.9. The highest BCUT2D eigenvalue weighted by molar-refractivity contribution is 7.47. The van der Waals surface area contributed by atoms with E-state index in [1.165, 1.54) is 128 Å². The van der Waals surface area contributed by atoms with Crippen molar-refractivity contribution in [1.29, 1.82) is 0 Å². The normalized spacial score (nSPS) is 14.2. The lowest BCUT2D eigenvalue weighted by atomic mass is 10.1. The Balaban J connectivity index is 0. The van der Waals surface area contributed by atoms with Gasteiger partial charge in [-0.05, 0) is 33.6 Å². The zero-order valence-electron chi connectivity index (χ0n) is 26.2. The van der Waals surface area contributed by atoms with Gasteiger partial charge in [0.2, 0.25) is 0 Å². The Hall–Kier alpha value is -0.0500. The molecule has 0 heterocycles. The molecule has 238 valence electrons. The molecule has 0 aliphatic heterocycles. The van der Waals surface area contributed by atoms with Crippen LogP contribution in [-0.2, 0) is 13.6 Å². The number of phosphoric ester groups is 1. The summed E-state index contributed by atoms with van der Waals surface area (Å²) >= 11 is 0. The minimum Gasteiger partial charge on any atom is -0.379 e. The summed E-state index contributed by atoms with van der Waals surface area (Å²) in [5.74, 6) is 0. The van der Waals surface area contributed by atoms with Gasteiger partial charge in [-0.2, -0.15) is 0 Å². The third kappa shape index (κ3) is 30.7. The number of phosphoric acid groups is 1. The van der Waals surface area contributed by atoms with Gasteiger partial charge in [-0.15, -0.1) is 0 Å². The molecular weight excluding hydrogens is 517 g/mol. The molecule has 0 aliphatic carbocycles. The third-order valence-corrected chi connectivity index (χ3v) is 7.82.